The molecule has 2 N–H and O–H groups in total. The number of rotatable bonds is 4. The number of hydrogen-bond donors (Lipinski definition) is 2. The van der Waals surface area contributed by atoms with Crippen LogP contribution in [0.15, 0.2) is 22.7 Å². The molecule has 0 unspecified atom stereocenters. The van der Waals surface area contributed by atoms with Gasteiger partial charge in [-0.05, 0) is 18.2 Å². The fourth-order valence-electron chi connectivity index (χ4n) is 2.22. The summed E-state index contributed by atoms with van der Waals surface area (Å²) in [5.41, 5.74) is 0.771. The summed E-state index contributed by atoms with van der Waals surface area (Å²) in [6.45, 7) is -1.01. The topological polar surface area (TPSA) is 74.3 Å². The van der Waals surface area contributed by atoms with Crippen LogP contribution in [0.3, 0.4) is 0 Å². The number of urea groups is 1. The molecular weight excluding hydrogens is 406 g/mol. The van der Waals surface area contributed by atoms with Gasteiger partial charge in [0.25, 0.3) is 5.92 Å². The van der Waals surface area contributed by atoms with Gasteiger partial charge in [0.2, 0.25) is 5.91 Å². The molecule has 0 spiro atoms. The van der Waals surface area contributed by atoms with Gasteiger partial charge in [0.15, 0.2) is 5.13 Å². The molecule has 1 aliphatic rings. The molecule has 24 heavy (non-hydrogen) atoms. The third-order valence-electron chi connectivity index (χ3n) is 3.39. The number of fused-ring (bicyclic) bond motifs is 1. The number of benzene rings is 1. The van der Waals surface area contributed by atoms with E-state index in [4.69, 9.17) is 0 Å². The molecule has 0 saturated carbocycles. The SMILES string of the molecule is O=C(NCCC(=O)N1CC(F)(F)C1)Nc1nc2ccc(Br)cc2s1. The predicted octanol–water partition coefficient (Wildman–Crippen LogP) is 3.05. The summed E-state index contributed by atoms with van der Waals surface area (Å²) in [6.07, 6.45) is -0.0176. The zero-order chi connectivity index (χ0) is 17.3. The van der Waals surface area contributed by atoms with Gasteiger partial charge in [-0.3, -0.25) is 10.1 Å². The molecule has 2 aromatic rings. The molecule has 1 aromatic carbocycles. The van der Waals surface area contributed by atoms with Crippen LogP contribution in [0, 0.1) is 0 Å². The standard InChI is InChI=1S/C14H13BrF2N4O2S/c15-8-1-2-9-10(5-8)24-13(19-9)20-12(23)18-4-3-11(22)21-6-14(16,17)7-21/h1-2,5H,3-4,6-7H2,(H2,18,19,20,23). The first kappa shape index (κ1) is 17.0. The second kappa shape index (κ2) is 6.60. The highest BCUT2D eigenvalue weighted by atomic mass is 79.9. The first-order valence-corrected chi connectivity index (χ1v) is 8.70. The minimum Gasteiger partial charge on any atom is -0.337 e. The smallest absolute Gasteiger partial charge is 0.321 e. The zero-order valence-corrected chi connectivity index (χ0v) is 14.7. The summed E-state index contributed by atoms with van der Waals surface area (Å²) >= 11 is 4.69. The van der Waals surface area contributed by atoms with Crippen LogP contribution in [0.5, 0.6) is 0 Å². The third-order valence-corrected chi connectivity index (χ3v) is 4.82. The number of anilines is 1. The lowest BCUT2D eigenvalue weighted by molar-refractivity contribution is -0.165. The largest absolute Gasteiger partial charge is 0.337 e. The monoisotopic (exact) mass is 418 g/mol. The van der Waals surface area contributed by atoms with Gasteiger partial charge in [0.1, 0.15) is 0 Å². The maximum absolute atomic E-state index is 12.7. The van der Waals surface area contributed by atoms with E-state index >= 15 is 0 Å². The summed E-state index contributed by atoms with van der Waals surface area (Å²) in [7, 11) is 0. The highest BCUT2D eigenvalue weighted by molar-refractivity contribution is 9.10. The number of thiazole rings is 1. The molecule has 0 aliphatic carbocycles. The van der Waals surface area contributed by atoms with Crippen LogP contribution in [0.1, 0.15) is 6.42 Å². The van der Waals surface area contributed by atoms with Gasteiger partial charge in [-0.1, -0.05) is 27.3 Å². The molecule has 1 aliphatic heterocycles. The van der Waals surface area contributed by atoms with Gasteiger partial charge in [-0.15, -0.1) is 0 Å². The maximum Gasteiger partial charge on any atom is 0.321 e. The summed E-state index contributed by atoms with van der Waals surface area (Å²) < 4.78 is 27.2. The molecular formula is C14H13BrF2N4O2S. The van der Waals surface area contributed by atoms with Crippen LogP contribution in [-0.2, 0) is 4.79 Å². The molecule has 1 fully saturated rings. The fourth-order valence-corrected chi connectivity index (χ4v) is 3.64. The van der Waals surface area contributed by atoms with Gasteiger partial charge in [0.05, 0.1) is 23.3 Å². The van der Waals surface area contributed by atoms with Crippen LogP contribution in [0.2, 0.25) is 0 Å². The number of carbonyl (C=O) groups excluding carboxylic acids is 2. The fraction of sp³-hybridized carbons (Fsp3) is 0.357. The lowest BCUT2D eigenvalue weighted by Gasteiger charge is -2.38. The van der Waals surface area contributed by atoms with Crippen molar-refractivity contribution in [2.75, 3.05) is 25.0 Å². The third kappa shape index (κ3) is 3.99. The Morgan fingerprint density at radius 2 is 2.12 bits per heavy atom. The lowest BCUT2D eigenvalue weighted by Crippen LogP contribution is -2.58. The Labute approximate surface area is 148 Å². The molecule has 0 atom stereocenters. The summed E-state index contributed by atoms with van der Waals surface area (Å²) in [6, 6.07) is 5.10. The molecule has 6 nitrogen and oxygen atoms in total. The van der Waals surface area contributed by atoms with E-state index in [1.54, 1.807) is 0 Å². The Hall–Kier alpha value is -1.81. The van der Waals surface area contributed by atoms with Crippen molar-refractivity contribution in [3.05, 3.63) is 22.7 Å². The number of halogens is 3. The van der Waals surface area contributed by atoms with Crippen molar-refractivity contribution >= 4 is 54.6 Å². The van der Waals surface area contributed by atoms with E-state index in [2.05, 4.69) is 31.5 Å². The molecule has 128 valence electrons. The van der Waals surface area contributed by atoms with Crippen LogP contribution in [0.4, 0.5) is 18.7 Å². The molecule has 0 bridgehead atoms. The van der Waals surface area contributed by atoms with Crippen LogP contribution >= 0.6 is 27.3 Å². The Morgan fingerprint density at radius 3 is 2.83 bits per heavy atom. The van der Waals surface area contributed by atoms with E-state index in [9.17, 15) is 18.4 Å². The zero-order valence-electron chi connectivity index (χ0n) is 12.3. The van der Waals surface area contributed by atoms with E-state index in [0.29, 0.717) is 5.13 Å². The Bertz CT molecular complexity index is 790. The number of hydrogen-bond acceptors (Lipinski definition) is 4. The Balaban J connectivity index is 1.44. The molecule has 3 amide bonds. The number of nitrogens with one attached hydrogen (secondary N) is 2. The van der Waals surface area contributed by atoms with E-state index in [-0.39, 0.29) is 13.0 Å². The van der Waals surface area contributed by atoms with E-state index in [0.717, 1.165) is 19.6 Å². The average molecular weight is 419 g/mol. The van der Waals surface area contributed by atoms with Crippen molar-refractivity contribution in [3.63, 3.8) is 0 Å². The number of carbonyl (C=O) groups is 2. The van der Waals surface area contributed by atoms with Crippen molar-refractivity contribution in [1.82, 2.24) is 15.2 Å². The first-order chi connectivity index (χ1) is 11.3. The van der Waals surface area contributed by atoms with E-state index in [1.165, 1.54) is 11.3 Å². The van der Waals surface area contributed by atoms with Gasteiger partial charge >= 0.3 is 6.03 Å². The van der Waals surface area contributed by atoms with Crippen LogP contribution in [0.25, 0.3) is 10.2 Å². The predicted molar refractivity (Wildman–Crippen MR) is 90.5 cm³/mol. The van der Waals surface area contributed by atoms with Gasteiger partial charge in [-0.2, -0.15) is 0 Å². The van der Waals surface area contributed by atoms with Crippen molar-refractivity contribution in [2.24, 2.45) is 0 Å². The number of aromatic nitrogens is 1. The number of nitrogens with zero attached hydrogens (tertiary/aromatic N) is 2. The molecule has 10 heteroatoms. The van der Waals surface area contributed by atoms with Crippen LogP contribution in [-0.4, -0.2) is 47.4 Å². The normalized spacial score (nSPS) is 15.9. The number of likely N-dealkylation sites (tertiary alicyclic amines) is 1. The number of alkyl halides is 2. The minimum atomic E-state index is -2.78. The highest BCUT2D eigenvalue weighted by Gasteiger charge is 2.45. The second-order valence-electron chi connectivity index (χ2n) is 5.37. The van der Waals surface area contributed by atoms with E-state index < -0.39 is 31.0 Å². The van der Waals surface area contributed by atoms with Gasteiger partial charge in [0, 0.05) is 17.4 Å². The molecule has 2 heterocycles. The molecule has 3 rings (SSSR count). The first-order valence-electron chi connectivity index (χ1n) is 7.09. The molecule has 1 aromatic heterocycles. The Morgan fingerprint density at radius 1 is 1.38 bits per heavy atom. The maximum atomic E-state index is 12.7. The lowest BCUT2D eigenvalue weighted by atomic mass is 10.1. The molecule has 1 saturated heterocycles. The van der Waals surface area contributed by atoms with Crippen LogP contribution < -0.4 is 10.6 Å². The highest BCUT2D eigenvalue weighted by Crippen LogP contribution is 2.28. The van der Waals surface area contributed by atoms with Gasteiger partial charge < -0.3 is 10.2 Å². The molecule has 0 radical (unpaired) electrons. The Kier molecular flexibility index (Phi) is 4.68. The van der Waals surface area contributed by atoms with E-state index in [1.807, 2.05) is 18.2 Å². The second-order valence-corrected chi connectivity index (χ2v) is 7.31. The van der Waals surface area contributed by atoms with Crippen molar-refractivity contribution in [1.29, 1.82) is 0 Å². The number of amides is 3. The van der Waals surface area contributed by atoms with Crippen molar-refractivity contribution in [2.45, 2.75) is 12.3 Å². The summed E-state index contributed by atoms with van der Waals surface area (Å²) in [5, 5.41) is 5.55. The van der Waals surface area contributed by atoms with Crippen molar-refractivity contribution in [3.8, 4) is 0 Å². The minimum absolute atomic E-state index is 0.0176. The average Bonchev–Trinajstić information content (AvgIpc) is 2.85. The summed E-state index contributed by atoms with van der Waals surface area (Å²) in [4.78, 5) is 28.7. The van der Waals surface area contributed by atoms with Crippen molar-refractivity contribution < 1.29 is 18.4 Å². The van der Waals surface area contributed by atoms with Gasteiger partial charge in [-0.25, -0.2) is 18.6 Å². The quantitative estimate of drug-likeness (QED) is 0.800. The summed E-state index contributed by atoms with van der Waals surface area (Å²) in [5.74, 6) is -3.17.